The van der Waals surface area contributed by atoms with Gasteiger partial charge in [0.2, 0.25) is 0 Å². The number of carbonyl (C=O) groups is 1. The second-order valence-electron chi connectivity index (χ2n) is 4.53. The summed E-state index contributed by atoms with van der Waals surface area (Å²) in [7, 11) is 2.02. The molecule has 0 aromatic rings. The maximum absolute atomic E-state index is 9.60. The van der Waals surface area contributed by atoms with Gasteiger partial charge in [-0.15, -0.1) is 0 Å². The van der Waals surface area contributed by atoms with E-state index in [4.69, 9.17) is 5.11 Å². The molecule has 1 atom stereocenters. The Bertz CT molecular complexity index is 157. The van der Waals surface area contributed by atoms with Gasteiger partial charge in [0.1, 0.15) is 5.60 Å². The van der Waals surface area contributed by atoms with Crippen molar-refractivity contribution in [2.24, 2.45) is 0 Å². The molecular formula is C10H21NO3. The van der Waals surface area contributed by atoms with Crippen molar-refractivity contribution in [1.82, 2.24) is 4.90 Å². The van der Waals surface area contributed by atoms with Gasteiger partial charge in [-0.2, -0.15) is 0 Å². The minimum Gasteiger partial charge on any atom is -0.462 e. The molecular weight excluding hydrogens is 182 g/mol. The van der Waals surface area contributed by atoms with E-state index in [1.807, 2.05) is 27.8 Å². The van der Waals surface area contributed by atoms with Crippen LogP contribution in [0.15, 0.2) is 0 Å². The highest BCUT2D eigenvalue weighted by atomic mass is 16.5. The van der Waals surface area contributed by atoms with Crippen LogP contribution in [-0.4, -0.2) is 48.3 Å². The highest BCUT2D eigenvalue weighted by molar-refractivity contribution is 5.37. The second-order valence-corrected chi connectivity index (χ2v) is 4.53. The monoisotopic (exact) mass is 203 g/mol. The molecule has 1 aliphatic heterocycles. The molecule has 1 aliphatic rings. The number of rotatable bonds is 1. The van der Waals surface area contributed by atoms with Gasteiger partial charge in [0, 0.05) is 13.1 Å². The third-order valence-corrected chi connectivity index (χ3v) is 1.77. The molecule has 0 radical (unpaired) electrons. The average Bonchev–Trinajstić information content (AvgIpc) is 2.33. The lowest BCUT2D eigenvalue weighted by molar-refractivity contribution is -0.138. The van der Waals surface area contributed by atoms with Crippen LogP contribution in [0.2, 0.25) is 0 Å². The molecule has 84 valence electrons. The topological polar surface area (TPSA) is 49.8 Å². The van der Waals surface area contributed by atoms with E-state index in [0.29, 0.717) is 6.47 Å². The first-order valence-corrected chi connectivity index (χ1v) is 4.83. The number of carbonyl (C=O) groups excluding carboxylic acids is 1. The van der Waals surface area contributed by atoms with E-state index in [1.165, 1.54) is 0 Å². The summed E-state index contributed by atoms with van der Waals surface area (Å²) in [5, 5.41) is 8.86. The van der Waals surface area contributed by atoms with Crippen LogP contribution in [-0.2, 0) is 9.53 Å². The van der Waals surface area contributed by atoms with Crippen molar-refractivity contribution in [3.8, 4) is 0 Å². The maximum Gasteiger partial charge on any atom is 0.293 e. The molecule has 14 heavy (non-hydrogen) atoms. The number of hydrogen-bond donors (Lipinski definition) is 1. The smallest absolute Gasteiger partial charge is 0.293 e. The minimum absolute atomic E-state index is 0.0509. The molecule has 1 N–H and O–H groups in total. The molecule has 1 unspecified atom stereocenters. The second kappa shape index (κ2) is 5.98. The van der Waals surface area contributed by atoms with Crippen LogP contribution in [0.5, 0.6) is 0 Å². The Morgan fingerprint density at radius 2 is 2.07 bits per heavy atom. The zero-order valence-corrected chi connectivity index (χ0v) is 9.49. The van der Waals surface area contributed by atoms with Crippen molar-refractivity contribution >= 4 is 6.47 Å². The fraction of sp³-hybridized carbons (Fsp3) is 0.900. The Labute approximate surface area is 85.9 Å². The Hall–Kier alpha value is -0.610. The van der Waals surface area contributed by atoms with Gasteiger partial charge < -0.3 is 14.7 Å². The number of ether oxygens (including phenoxy) is 1. The molecule has 0 saturated carbocycles. The molecule has 0 aliphatic carbocycles. The summed E-state index contributed by atoms with van der Waals surface area (Å²) in [5.41, 5.74) is -0.318. The maximum atomic E-state index is 9.60. The third kappa shape index (κ3) is 8.01. The lowest BCUT2D eigenvalue weighted by atomic mass is 10.2. The summed E-state index contributed by atoms with van der Waals surface area (Å²) in [6, 6.07) is 0. The highest BCUT2D eigenvalue weighted by Gasteiger charge is 2.15. The van der Waals surface area contributed by atoms with E-state index in [9.17, 15) is 4.79 Å². The number of hydrogen-bond acceptors (Lipinski definition) is 4. The van der Waals surface area contributed by atoms with Gasteiger partial charge in [-0.25, -0.2) is 0 Å². The molecule has 1 saturated heterocycles. The minimum atomic E-state index is -0.318. The number of β-amino-alcohol motifs (C(OH)–C–C–N with tert-alkyl or cyclic N) is 1. The molecule has 0 aromatic heterocycles. The van der Waals surface area contributed by atoms with Gasteiger partial charge in [0.15, 0.2) is 0 Å². The standard InChI is InChI=1S/C5H11NO.C5H10O2/c1-6-3-2-5(7)4-6;1-5(2,3)7-4-6/h5,7H,2-4H2,1H3;4H,1-3H3. The first-order chi connectivity index (χ1) is 6.35. The molecule has 4 heteroatoms. The van der Waals surface area contributed by atoms with E-state index in [-0.39, 0.29) is 11.7 Å². The predicted octanol–water partition coefficient (Wildman–Crippen LogP) is 0.641. The Morgan fingerprint density at radius 1 is 1.50 bits per heavy atom. The Balaban J connectivity index is 0.000000241. The number of likely N-dealkylation sites (N-methyl/N-ethyl adjacent to an activating group) is 1. The molecule has 1 rings (SSSR count). The van der Waals surface area contributed by atoms with Crippen molar-refractivity contribution in [2.75, 3.05) is 20.1 Å². The molecule has 1 heterocycles. The van der Waals surface area contributed by atoms with Gasteiger partial charge in [-0.3, -0.25) is 4.79 Å². The third-order valence-electron chi connectivity index (χ3n) is 1.77. The molecule has 0 aromatic carbocycles. The van der Waals surface area contributed by atoms with Crippen LogP contribution in [0.3, 0.4) is 0 Å². The van der Waals surface area contributed by atoms with Crippen molar-refractivity contribution in [1.29, 1.82) is 0 Å². The van der Waals surface area contributed by atoms with Gasteiger partial charge >= 0.3 is 0 Å². The van der Waals surface area contributed by atoms with Gasteiger partial charge in [0.25, 0.3) is 6.47 Å². The van der Waals surface area contributed by atoms with Crippen LogP contribution >= 0.6 is 0 Å². The molecule has 0 bridgehead atoms. The number of aliphatic hydroxyl groups is 1. The average molecular weight is 203 g/mol. The lowest BCUT2D eigenvalue weighted by Gasteiger charge is -2.14. The number of likely N-dealkylation sites (tertiary alicyclic amines) is 1. The summed E-state index contributed by atoms with van der Waals surface area (Å²) < 4.78 is 4.55. The van der Waals surface area contributed by atoms with E-state index in [1.54, 1.807) is 0 Å². The molecule has 0 amide bonds. The largest absolute Gasteiger partial charge is 0.462 e. The number of aliphatic hydroxyl groups excluding tert-OH is 1. The summed E-state index contributed by atoms with van der Waals surface area (Å²) in [5.74, 6) is 0. The van der Waals surface area contributed by atoms with Crippen molar-refractivity contribution < 1.29 is 14.6 Å². The zero-order valence-electron chi connectivity index (χ0n) is 9.49. The van der Waals surface area contributed by atoms with Gasteiger partial charge in [-0.1, -0.05) is 0 Å². The summed E-state index contributed by atoms with van der Waals surface area (Å²) in [4.78, 5) is 11.7. The zero-order chi connectivity index (χ0) is 11.2. The van der Waals surface area contributed by atoms with E-state index >= 15 is 0 Å². The van der Waals surface area contributed by atoms with Crippen molar-refractivity contribution in [3.05, 3.63) is 0 Å². The van der Waals surface area contributed by atoms with Crippen LogP contribution in [0.1, 0.15) is 27.2 Å². The van der Waals surface area contributed by atoms with E-state index in [2.05, 4.69) is 9.64 Å². The van der Waals surface area contributed by atoms with Crippen molar-refractivity contribution in [3.63, 3.8) is 0 Å². The van der Waals surface area contributed by atoms with Gasteiger partial charge in [-0.05, 0) is 34.2 Å². The van der Waals surface area contributed by atoms with E-state index < -0.39 is 0 Å². The van der Waals surface area contributed by atoms with E-state index in [0.717, 1.165) is 19.5 Å². The molecule has 4 nitrogen and oxygen atoms in total. The quantitative estimate of drug-likeness (QED) is 0.635. The first-order valence-electron chi connectivity index (χ1n) is 4.83. The first kappa shape index (κ1) is 13.4. The number of nitrogens with zero attached hydrogens (tertiary/aromatic N) is 1. The SMILES string of the molecule is CC(C)(C)OC=O.CN1CCC(O)C1. The van der Waals surface area contributed by atoms with Crippen molar-refractivity contribution in [2.45, 2.75) is 38.9 Å². The fourth-order valence-corrected chi connectivity index (χ4v) is 1.06. The Kier molecular flexibility index (Phi) is 5.72. The molecule has 1 fully saturated rings. The van der Waals surface area contributed by atoms with Crippen LogP contribution in [0.4, 0.5) is 0 Å². The fourth-order valence-electron chi connectivity index (χ4n) is 1.06. The summed E-state index contributed by atoms with van der Waals surface area (Å²) in [6.45, 7) is 7.84. The molecule has 0 spiro atoms. The highest BCUT2D eigenvalue weighted by Crippen LogP contribution is 2.04. The lowest BCUT2D eigenvalue weighted by Crippen LogP contribution is -2.17. The van der Waals surface area contributed by atoms with Crippen LogP contribution in [0.25, 0.3) is 0 Å². The Morgan fingerprint density at radius 3 is 2.14 bits per heavy atom. The predicted molar refractivity (Wildman–Crippen MR) is 55.0 cm³/mol. The summed E-state index contributed by atoms with van der Waals surface area (Å²) >= 11 is 0. The van der Waals surface area contributed by atoms with Crippen LogP contribution < -0.4 is 0 Å². The summed E-state index contributed by atoms with van der Waals surface area (Å²) in [6.07, 6.45) is 0.904. The van der Waals surface area contributed by atoms with Gasteiger partial charge in [0.05, 0.1) is 6.10 Å². The van der Waals surface area contributed by atoms with Crippen LogP contribution in [0, 0.1) is 0 Å². The normalized spacial score (nSPS) is 22.5.